The molecule has 10 atom stereocenters. The second-order valence-corrected chi connectivity index (χ2v) is 15.3. The van der Waals surface area contributed by atoms with Crippen LogP contribution in [0.4, 0.5) is 0 Å². The molecule has 0 bridgehead atoms. The molecule has 5 unspecified atom stereocenters. The smallest absolute Gasteiger partial charge is 0.0765 e. The molecule has 4 saturated carbocycles. The summed E-state index contributed by atoms with van der Waals surface area (Å²) in [6, 6.07) is 0. The first kappa shape index (κ1) is 25.2. The average Bonchev–Trinajstić information content (AvgIpc) is 3.05. The summed E-state index contributed by atoms with van der Waals surface area (Å²) in [5.74, 6) is 6.45. The number of rotatable bonds is 7. The van der Waals surface area contributed by atoms with Crippen molar-refractivity contribution in [3.05, 3.63) is 0 Å². The van der Waals surface area contributed by atoms with Crippen LogP contribution >= 0.6 is 0 Å². The molecule has 3 heteroatoms. The molecule has 4 aliphatic carbocycles. The van der Waals surface area contributed by atoms with Crippen molar-refractivity contribution >= 4 is 10.8 Å². The first-order valence-electron chi connectivity index (χ1n) is 14.0. The molecule has 0 aromatic heterocycles. The summed E-state index contributed by atoms with van der Waals surface area (Å²) in [5.41, 5.74) is 0.284. The molecule has 0 spiro atoms. The van der Waals surface area contributed by atoms with Gasteiger partial charge in [-0.1, -0.05) is 53.9 Å². The van der Waals surface area contributed by atoms with Crippen LogP contribution in [0.2, 0.25) is 0 Å². The van der Waals surface area contributed by atoms with Crippen molar-refractivity contribution in [3.63, 3.8) is 0 Å². The third-order valence-electron chi connectivity index (χ3n) is 11.5. The molecule has 4 aliphatic rings. The zero-order valence-electron chi connectivity index (χ0n) is 22.0. The van der Waals surface area contributed by atoms with E-state index in [0.717, 1.165) is 54.8 Å². The monoisotopic (exact) mass is 464 g/mol. The highest BCUT2D eigenvalue weighted by atomic mass is 32.2. The molecular weight excluding hydrogens is 412 g/mol. The van der Waals surface area contributed by atoms with Gasteiger partial charge < -0.3 is 5.11 Å². The maximum absolute atomic E-state index is 11.9. The van der Waals surface area contributed by atoms with Gasteiger partial charge in [0.2, 0.25) is 0 Å². The molecule has 32 heavy (non-hydrogen) atoms. The second kappa shape index (κ2) is 9.29. The number of hydrogen-bond donors (Lipinski definition) is 1. The van der Waals surface area contributed by atoms with E-state index in [2.05, 4.69) is 34.6 Å². The molecule has 4 rings (SSSR count). The third kappa shape index (κ3) is 4.52. The minimum atomic E-state index is -0.909. The van der Waals surface area contributed by atoms with Gasteiger partial charge in [-0.2, -0.15) is 0 Å². The number of aliphatic hydroxyl groups is 1. The van der Waals surface area contributed by atoms with Crippen LogP contribution in [0.3, 0.4) is 0 Å². The Bertz CT molecular complexity index is 691. The average molecular weight is 465 g/mol. The van der Waals surface area contributed by atoms with Gasteiger partial charge in [-0.3, -0.25) is 4.21 Å². The van der Waals surface area contributed by atoms with Gasteiger partial charge in [-0.25, -0.2) is 0 Å². The van der Waals surface area contributed by atoms with Crippen molar-refractivity contribution in [1.82, 2.24) is 0 Å². The highest BCUT2D eigenvalue weighted by molar-refractivity contribution is 7.84. The topological polar surface area (TPSA) is 37.3 Å². The van der Waals surface area contributed by atoms with Crippen LogP contribution in [0.15, 0.2) is 0 Å². The van der Waals surface area contributed by atoms with Crippen molar-refractivity contribution in [1.29, 1.82) is 0 Å². The normalized spacial score (nSPS) is 48.1. The van der Waals surface area contributed by atoms with Gasteiger partial charge in [0.1, 0.15) is 0 Å². The van der Waals surface area contributed by atoms with Crippen molar-refractivity contribution < 1.29 is 9.32 Å². The predicted octanol–water partition coefficient (Wildman–Crippen LogP) is 7.22. The van der Waals surface area contributed by atoms with Crippen LogP contribution < -0.4 is 0 Å². The lowest BCUT2D eigenvalue weighted by Crippen LogP contribution is -2.56. The van der Waals surface area contributed by atoms with Gasteiger partial charge in [0.25, 0.3) is 0 Å². The minimum Gasteiger partial charge on any atom is -0.389 e. The standard InChI is InChI=1S/C29H52O2S/c1-20(2)8-7-9-21(3)24-12-13-25-23-11-10-22-18-29(30,19-32(6)31)17-16-27(22,4)26(23)14-15-28(24,25)5/h20-26,30H,7-19H2,1-6H3/t21-,22+,23?,24-,25?,26?,27+,28-,29?,32?/m1/s1. The Labute approximate surface area is 201 Å². The largest absolute Gasteiger partial charge is 0.389 e. The summed E-state index contributed by atoms with van der Waals surface area (Å²) in [7, 11) is -0.909. The number of fused-ring (bicyclic) bond motifs is 5. The van der Waals surface area contributed by atoms with Gasteiger partial charge in [0.05, 0.1) is 11.4 Å². The SMILES string of the molecule is CC(C)CCC[C@@H](C)[C@H]1CCC2C3CC[C@H]4CC(O)(CS(C)=O)CC[C@]4(C)C3CC[C@@]21C. The van der Waals surface area contributed by atoms with E-state index in [-0.39, 0.29) is 0 Å². The van der Waals surface area contributed by atoms with Gasteiger partial charge in [0, 0.05) is 17.1 Å². The fraction of sp³-hybridized carbons (Fsp3) is 1.00. The molecule has 0 heterocycles. The third-order valence-corrected chi connectivity index (χ3v) is 12.4. The van der Waals surface area contributed by atoms with Crippen molar-refractivity contribution in [2.45, 2.75) is 117 Å². The lowest BCUT2D eigenvalue weighted by atomic mass is 9.43. The van der Waals surface area contributed by atoms with Crippen molar-refractivity contribution in [2.24, 2.45) is 52.3 Å². The van der Waals surface area contributed by atoms with E-state index < -0.39 is 16.4 Å². The summed E-state index contributed by atoms with van der Waals surface area (Å²) in [6.45, 7) is 12.6. The summed E-state index contributed by atoms with van der Waals surface area (Å²) in [5, 5.41) is 11.2. The molecule has 186 valence electrons. The fourth-order valence-electron chi connectivity index (χ4n) is 9.86. The second-order valence-electron chi connectivity index (χ2n) is 13.8. The maximum atomic E-state index is 11.9. The van der Waals surface area contributed by atoms with Crippen LogP contribution in [0.25, 0.3) is 0 Å². The summed E-state index contributed by atoms with van der Waals surface area (Å²) in [6.07, 6.45) is 17.3. The molecule has 2 nitrogen and oxygen atoms in total. The van der Waals surface area contributed by atoms with Crippen LogP contribution in [0.1, 0.15) is 112 Å². The summed E-state index contributed by atoms with van der Waals surface area (Å²) >= 11 is 0. The summed E-state index contributed by atoms with van der Waals surface area (Å²) < 4.78 is 11.9. The quantitative estimate of drug-likeness (QED) is 0.432. The number of hydrogen-bond acceptors (Lipinski definition) is 2. The van der Waals surface area contributed by atoms with E-state index in [9.17, 15) is 9.32 Å². The summed E-state index contributed by atoms with van der Waals surface area (Å²) in [4.78, 5) is 0. The minimum absolute atomic E-state index is 0.396. The van der Waals surface area contributed by atoms with Gasteiger partial charge in [-0.15, -0.1) is 0 Å². The highest BCUT2D eigenvalue weighted by Gasteiger charge is 2.61. The Kier molecular flexibility index (Phi) is 7.32. The van der Waals surface area contributed by atoms with E-state index >= 15 is 0 Å². The Morgan fingerprint density at radius 1 is 0.906 bits per heavy atom. The lowest BCUT2D eigenvalue weighted by molar-refractivity contribution is -0.147. The molecule has 0 saturated heterocycles. The van der Waals surface area contributed by atoms with Gasteiger partial charge in [-0.05, 0) is 110 Å². The molecule has 1 N–H and O–H groups in total. The lowest BCUT2D eigenvalue weighted by Gasteiger charge is -2.62. The van der Waals surface area contributed by atoms with E-state index in [1.54, 1.807) is 6.26 Å². The molecule has 0 aromatic rings. The van der Waals surface area contributed by atoms with Crippen molar-refractivity contribution in [3.8, 4) is 0 Å². The zero-order valence-corrected chi connectivity index (χ0v) is 22.8. The first-order valence-corrected chi connectivity index (χ1v) is 15.7. The van der Waals surface area contributed by atoms with Crippen LogP contribution in [-0.4, -0.2) is 26.9 Å². The Hall–Kier alpha value is 0.110. The van der Waals surface area contributed by atoms with Crippen LogP contribution in [0, 0.1) is 52.3 Å². The molecule has 4 fully saturated rings. The Morgan fingerprint density at radius 3 is 2.31 bits per heavy atom. The van der Waals surface area contributed by atoms with E-state index in [0.29, 0.717) is 22.5 Å². The van der Waals surface area contributed by atoms with E-state index in [4.69, 9.17) is 0 Å². The van der Waals surface area contributed by atoms with Crippen LogP contribution in [-0.2, 0) is 10.8 Å². The predicted molar refractivity (Wildman–Crippen MR) is 137 cm³/mol. The Morgan fingerprint density at radius 2 is 1.62 bits per heavy atom. The molecule has 0 amide bonds. The maximum Gasteiger partial charge on any atom is 0.0765 e. The fourth-order valence-corrected chi connectivity index (χ4v) is 10.9. The molecular formula is C29H52O2S. The highest BCUT2D eigenvalue weighted by Crippen LogP contribution is 2.68. The zero-order chi connectivity index (χ0) is 23.3. The Balaban J connectivity index is 1.45. The molecule has 0 aromatic carbocycles. The van der Waals surface area contributed by atoms with Crippen molar-refractivity contribution in [2.75, 3.05) is 12.0 Å². The molecule has 0 aliphatic heterocycles. The molecule has 0 radical (unpaired) electrons. The van der Waals surface area contributed by atoms with Gasteiger partial charge in [0.15, 0.2) is 0 Å². The van der Waals surface area contributed by atoms with Crippen LogP contribution in [0.5, 0.6) is 0 Å². The van der Waals surface area contributed by atoms with E-state index in [1.807, 2.05) is 0 Å². The van der Waals surface area contributed by atoms with Gasteiger partial charge >= 0.3 is 0 Å². The first-order chi connectivity index (χ1) is 15.0. The van der Waals surface area contributed by atoms with E-state index in [1.165, 1.54) is 57.8 Å².